The largest absolute Gasteiger partial charge is 0.374 e. The van der Waals surface area contributed by atoms with Crippen LogP contribution < -0.4 is 10.0 Å². The second kappa shape index (κ2) is 9.16. The van der Waals surface area contributed by atoms with E-state index in [4.69, 9.17) is 0 Å². The second-order valence-electron chi connectivity index (χ2n) is 8.43. The number of hydrogen-bond acceptors (Lipinski definition) is 5. The maximum Gasteiger partial charge on any atom is 0.214 e. The molecule has 1 heterocycles. The van der Waals surface area contributed by atoms with E-state index >= 15 is 0 Å². The summed E-state index contributed by atoms with van der Waals surface area (Å²) >= 11 is 1.74. The van der Waals surface area contributed by atoms with Crippen LogP contribution in [0.2, 0.25) is 0 Å². The zero-order valence-corrected chi connectivity index (χ0v) is 19.2. The van der Waals surface area contributed by atoms with Crippen LogP contribution in [0.1, 0.15) is 50.7 Å². The number of thiophene rings is 1. The smallest absolute Gasteiger partial charge is 0.214 e. The van der Waals surface area contributed by atoms with Gasteiger partial charge < -0.3 is 10.4 Å². The van der Waals surface area contributed by atoms with Crippen LogP contribution in [0.5, 0.6) is 0 Å². The molecular formula is C22H32N2O3S2. The van der Waals surface area contributed by atoms with Gasteiger partial charge in [0.1, 0.15) is 6.23 Å². The lowest BCUT2D eigenvalue weighted by molar-refractivity contribution is 0.103. The minimum absolute atomic E-state index is 0.0267. The number of hydrogen-bond donors (Lipinski definition) is 3. The molecule has 160 valence electrons. The van der Waals surface area contributed by atoms with Crippen LogP contribution in [0.4, 0.5) is 5.69 Å². The first-order valence-electron chi connectivity index (χ1n) is 10.3. The predicted octanol–water partition coefficient (Wildman–Crippen LogP) is 4.65. The Morgan fingerprint density at radius 3 is 2.34 bits per heavy atom. The summed E-state index contributed by atoms with van der Waals surface area (Å²) in [6.07, 6.45) is 2.47. The van der Waals surface area contributed by atoms with Gasteiger partial charge in [0.05, 0.1) is 5.25 Å². The Labute approximate surface area is 178 Å². The van der Waals surface area contributed by atoms with Gasteiger partial charge in [-0.3, -0.25) is 0 Å². The molecule has 5 nitrogen and oxygen atoms in total. The molecule has 0 radical (unpaired) electrons. The van der Waals surface area contributed by atoms with Crippen LogP contribution in [0, 0.1) is 19.8 Å². The van der Waals surface area contributed by atoms with Gasteiger partial charge in [0, 0.05) is 22.5 Å². The molecule has 1 aromatic heterocycles. The van der Waals surface area contributed by atoms with E-state index in [1.54, 1.807) is 25.2 Å². The molecule has 3 rings (SSSR count). The van der Waals surface area contributed by atoms with Gasteiger partial charge in [-0.25, -0.2) is 13.1 Å². The van der Waals surface area contributed by atoms with Crippen molar-refractivity contribution < 1.29 is 13.5 Å². The molecule has 29 heavy (non-hydrogen) atoms. The Balaban J connectivity index is 1.56. The second-order valence-corrected chi connectivity index (χ2v) is 11.6. The Bertz CT molecular complexity index is 929. The summed E-state index contributed by atoms with van der Waals surface area (Å²) in [7, 11) is -3.24. The highest BCUT2D eigenvalue weighted by molar-refractivity contribution is 7.90. The molecule has 2 aromatic rings. The average Bonchev–Trinajstić information content (AvgIpc) is 3.10. The summed E-state index contributed by atoms with van der Waals surface area (Å²) < 4.78 is 26.9. The van der Waals surface area contributed by atoms with Crippen molar-refractivity contribution in [3.63, 3.8) is 0 Å². The van der Waals surface area contributed by atoms with Crippen molar-refractivity contribution in [2.24, 2.45) is 5.92 Å². The Kier molecular flexibility index (Phi) is 7.04. The summed E-state index contributed by atoms with van der Waals surface area (Å²) in [4.78, 5) is 1.25. The van der Waals surface area contributed by atoms with Gasteiger partial charge in [0.25, 0.3) is 0 Å². The van der Waals surface area contributed by atoms with Crippen molar-refractivity contribution in [2.75, 3.05) is 5.32 Å². The molecule has 7 heteroatoms. The third-order valence-corrected chi connectivity index (χ3v) is 8.71. The minimum Gasteiger partial charge on any atom is -0.374 e. The predicted molar refractivity (Wildman–Crippen MR) is 122 cm³/mol. The van der Waals surface area contributed by atoms with Gasteiger partial charge in [-0.1, -0.05) is 6.07 Å². The van der Waals surface area contributed by atoms with Crippen molar-refractivity contribution in [2.45, 2.75) is 70.9 Å². The zero-order valence-electron chi connectivity index (χ0n) is 17.6. The van der Waals surface area contributed by atoms with E-state index in [1.807, 2.05) is 6.07 Å². The first-order valence-corrected chi connectivity index (χ1v) is 12.7. The molecule has 1 aliphatic carbocycles. The van der Waals surface area contributed by atoms with Gasteiger partial charge in [0.2, 0.25) is 10.0 Å². The first kappa shape index (κ1) is 22.3. The van der Waals surface area contributed by atoms with Crippen molar-refractivity contribution in [1.82, 2.24) is 4.72 Å². The van der Waals surface area contributed by atoms with Crippen molar-refractivity contribution in [3.05, 3.63) is 40.8 Å². The van der Waals surface area contributed by atoms with Crippen molar-refractivity contribution >= 4 is 27.0 Å². The molecule has 1 aromatic carbocycles. The molecule has 0 amide bonds. The monoisotopic (exact) mass is 436 g/mol. The van der Waals surface area contributed by atoms with E-state index in [0.29, 0.717) is 0 Å². The van der Waals surface area contributed by atoms with Gasteiger partial charge >= 0.3 is 0 Å². The maximum atomic E-state index is 12.1. The van der Waals surface area contributed by atoms with E-state index in [9.17, 15) is 13.5 Å². The minimum atomic E-state index is -3.24. The fourth-order valence-corrected chi connectivity index (χ4v) is 5.63. The van der Waals surface area contributed by atoms with Crippen LogP contribution in [0.25, 0.3) is 10.4 Å². The molecule has 0 aliphatic heterocycles. The normalized spacial score (nSPS) is 21.3. The molecule has 1 fully saturated rings. The fourth-order valence-electron chi connectivity index (χ4n) is 3.76. The number of aliphatic hydroxyl groups excluding tert-OH is 1. The molecule has 1 atom stereocenters. The number of nitrogens with one attached hydrogen (secondary N) is 2. The Hall–Kier alpha value is -1.41. The molecule has 0 bridgehead atoms. The molecule has 1 aliphatic rings. The van der Waals surface area contributed by atoms with E-state index in [2.05, 4.69) is 47.5 Å². The highest BCUT2D eigenvalue weighted by Crippen LogP contribution is 2.32. The third-order valence-electron chi connectivity index (χ3n) is 5.71. The van der Waals surface area contributed by atoms with Crippen LogP contribution >= 0.6 is 11.3 Å². The summed E-state index contributed by atoms with van der Waals surface area (Å²) in [5, 5.41) is 15.7. The van der Waals surface area contributed by atoms with Crippen molar-refractivity contribution in [3.8, 4) is 10.4 Å². The highest BCUT2D eigenvalue weighted by Gasteiger charge is 2.29. The van der Waals surface area contributed by atoms with Crippen LogP contribution in [0.3, 0.4) is 0 Å². The lowest BCUT2D eigenvalue weighted by Gasteiger charge is -2.33. The Morgan fingerprint density at radius 1 is 1.10 bits per heavy atom. The topological polar surface area (TPSA) is 78.4 Å². The molecule has 1 saturated carbocycles. The van der Waals surface area contributed by atoms with Crippen molar-refractivity contribution in [1.29, 1.82) is 0 Å². The van der Waals surface area contributed by atoms with E-state index in [1.165, 1.54) is 16.0 Å². The van der Waals surface area contributed by atoms with E-state index < -0.39 is 21.5 Å². The number of benzene rings is 1. The highest BCUT2D eigenvalue weighted by atomic mass is 32.2. The van der Waals surface area contributed by atoms with Crippen LogP contribution in [-0.4, -0.2) is 31.0 Å². The van der Waals surface area contributed by atoms with E-state index in [0.717, 1.165) is 36.9 Å². The summed E-state index contributed by atoms with van der Waals surface area (Å²) in [6.45, 7) is 7.53. The first-order chi connectivity index (χ1) is 13.7. The molecule has 1 unspecified atom stereocenters. The van der Waals surface area contributed by atoms with Gasteiger partial charge in [-0.15, -0.1) is 11.3 Å². The number of sulfonamides is 1. The average molecular weight is 437 g/mol. The molecule has 0 spiro atoms. The van der Waals surface area contributed by atoms with Crippen LogP contribution in [-0.2, 0) is 10.0 Å². The Morgan fingerprint density at radius 2 is 1.79 bits per heavy atom. The lowest BCUT2D eigenvalue weighted by atomic mass is 9.85. The van der Waals surface area contributed by atoms with Crippen LogP contribution in [0.15, 0.2) is 29.6 Å². The van der Waals surface area contributed by atoms with E-state index in [-0.39, 0.29) is 12.0 Å². The SMILES string of the molecule is Cc1csc(-c2ccc(NC(O)C3CCC(NS(=O)(=O)C(C)C)CC3)c(C)c2)c1. The van der Waals surface area contributed by atoms with Gasteiger partial charge in [0.15, 0.2) is 0 Å². The maximum absolute atomic E-state index is 12.1. The summed E-state index contributed by atoms with van der Waals surface area (Å²) in [6, 6.07) is 8.43. The number of anilines is 1. The fraction of sp³-hybridized carbons (Fsp3) is 0.545. The van der Waals surface area contributed by atoms with Gasteiger partial charge in [-0.2, -0.15) is 0 Å². The number of aryl methyl sites for hydroxylation is 2. The number of aliphatic hydroxyl groups is 1. The number of rotatable bonds is 7. The molecular weight excluding hydrogens is 404 g/mol. The zero-order chi connectivity index (χ0) is 21.2. The third kappa shape index (κ3) is 5.60. The summed E-state index contributed by atoms with van der Waals surface area (Å²) in [5.74, 6) is 0.119. The molecule has 0 saturated heterocycles. The summed E-state index contributed by atoms with van der Waals surface area (Å²) in [5.41, 5.74) is 4.51. The standard InChI is InChI=1S/C22H32N2O3S2/c1-14(2)29(26,27)24-19-8-5-17(6-9-19)22(25)23-20-10-7-18(12-16(20)4)21-11-15(3)13-28-21/h7,10-14,17,19,22-25H,5-6,8-9H2,1-4H3. The van der Waals surface area contributed by atoms with Gasteiger partial charge in [-0.05, 0) is 93.6 Å². The molecule has 3 N–H and O–H groups in total. The lowest BCUT2D eigenvalue weighted by Crippen LogP contribution is -2.43. The quantitative estimate of drug-likeness (QED) is 0.552.